The van der Waals surface area contributed by atoms with Gasteiger partial charge >= 0.3 is 0 Å². The Balaban J connectivity index is 0.00000338. The van der Waals surface area contributed by atoms with Crippen LogP contribution in [0.25, 0.3) is 0 Å². The molecule has 2 rings (SSSR count). The monoisotopic (exact) mass is 478 g/mol. The van der Waals surface area contributed by atoms with E-state index in [1.54, 1.807) is 0 Å². The maximum absolute atomic E-state index is 5.65. The lowest BCUT2D eigenvalue weighted by Crippen LogP contribution is -2.38. The first-order valence-corrected chi connectivity index (χ1v) is 9.82. The zero-order valence-electron chi connectivity index (χ0n) is 16.4. The van der Waals surface area contributed by atoms with Crippen LogP contribution in [0.15, 0.2) is 15.6 Å². The summed E-state index contributed by atoms with van der Waals surface area (Å²) >= 11 is 0. The van der Waals surface area contributed by atoms with Crippen LogP contribution in [0.1, 0.15) is 70.2 Å². The molecule has 0 aromatic carbocycles. The van der Waals surface area contributed by atoms with Crippen LogP contribution in [-0.2, 0) is 11.3 Å². The molecule has 26 heavy (non-hydrogen) atoms. The predicted octanol–water partition coefficient (Wildman–Crippen LogP) is 4.07. The molecule has 0 unspecified atom stereocenters. The Kier molecular flexibility index (Phi) is 11.9. The lowest BCUT2D eigenvalue weighted by atomic mass is 9.99. The Morgan fingerprint density at radius 3 is 2.73 bits per heavy atom. The third-order valence-corrected chi connectivity index (χ3v) is 4.53. The molecule has 1 aromatic rings. The van der Waals surface area contributed by atoms with Gasteiger partial charge in [-0.15, -0.1) is 24.0 Å². The summed E-state index contributed by atoms with van der Waals surface area (Å²) in [5, 5.41) is 10.8. The van der Waals surface area contributed by atoms with Crippen molar-refractivity contribution in [3.8, 4) is 0 Å². The largest absolute Gasteiger partial charge is 0.381 e. The Bertz CT molecular complexity index is 513. The van der Waals surface area contributed by atoms with Crippen molar-refractivity contribution in [1.29, 1.82) is 0 Å². The zero-order chi connectivity index (χ0) is 17.9. The standard InChI is InChI=1S/C19H34N4O2.HI/c1-4-16(5-2)18-12-17(25-23-18)13-22-19(20-6-3)21-10-7-11-24-14-15-8-9-15;/h12,15-16H,4-11,13-14H2,1-3H3,(H2,20,21,22);1H. The molecular weight excluding hydrogens is 443 g/mol. The molecule has 0 bridgehead atoms. The van der Waals surface area contributed by atoms with Gasteiger partial charge in [-0.25, -0.2) is 4.99 Å². The van der Waals surface area contributed by atoms with Gasteiger partial charge in [-0.05, 0) is 44.9 Å². The van der Waals surface area contributed by atoms with Gasteiger partial charge in [0.25, 0.3) is 0 Å². The van der Waals surface area contributed by atoms with E-state index in [0.29, 0.717) is 12.5 Å². The van der Waals surface area contributed by atoms with E-state index in [-0.39, 0.29) is 24.0 Å². The van der Waals surface area contributed by atoms with Crippen molar-refractivity contribution in [2.45, 2.75) is 65.3 Å². The van der Waals surface area contributed by atoms with Crippen molar-refractivity contribution in [2.75, 3.05) is 26.3 Å². The average molecular weight is 478 g/mol. The van der Waals surface area contributed by atoms with Crippen LogP contribution >= 0.6 is 24.0 Å². The lowest BCUT2D eigenvalue weighted by Gasteiger charge is -2.11. The van der Waals surface area contributed by atoms with Crippen molar-refractivity contribution in [3.05, 3.63) is 17.5 Å². The highest BCUT2D eigenvalue weighted by molar-refractivity contribution is 14.0. The molecule has 0 radical (unpaired) electrons. The van der Waals surface area contributed by atoms with E-state index >= 15 is 0 Å². The number of nitrogens with one attached hydrogen (secondary N) is 2. The van der Waals surface area contributed by atoms with Gasteiger partial charge in [0, 0.05) is 38.3 Å². The summed E-state index contributed by atoms with van der Waals surface area (Å²) in [5.41, 5.74) is 1.04. The van der Waals surface area contributed by atoms with Crippen molar-refractivity contribution >= 4 is 29.9 Å². The van der Waals surface area contributed by atoms with E-state index in [0.717, 1.165) is 68.9 Å². The van der Waals surface area contributed by atoms with Crippen LogP contribution in [-0.4, -0.2) is 37.4 Å². The van der Waals surface area contributed by atoms with Crippen LogP contribution < -0.4 is 10.6 Å². The number of hydrogen-bond acceptors (Lipinski definition) is 4. The van der Waals surface area contributed by atoms with E-state index in [4.69, 9.17) is 9.26 Å². The fourth-order valence-corrected chi connectivity index (χ4v) is 2.72. The van der Waals surface area contributed by atoms with Crippen LogP contribution in [0.4, 0.5) is 0 Å². The molecule has 150 valence electrons. The lowest BCUT2D eigenvalue weighted by molar-refractivity contribution is 0.123. The zero-order valence-corrected chi connectivity index (χ0v) is 18.8. The van der Waals surface area contributed by atoms with E-state index in [2.05, 4.69) is 41.6 Å². The molecule has 1 heterocycles. The summed E-state index contributed by atoms with van der Waals surface area (Å²) in [6.45, 7) is 10.4. The highest BCUT2D eigenvalue weighted by Crippen LogP contribution is 2.28. The number of halogens is 1. The maximum Gasteiger partial charge on any atom is 0.191 e. The molecule has 1 fully saturated rings. The SMILES string of the molecule is CCNC(=NCc1cc(C(CC)CC)no1)NCCCOCC1CC1.I. The summed E-state index contributed by atoms with van der Waals surface area (Å²) in [6.07, 6.45) is 5.84. The summed E-state index contributed by atoms with van der Waals surface area (Å²) in [4.78, 5) is 4.58. The van der Waals surface area contributed by atoms with E-state index in [1.807, 2.05) is 6.07 Å². The molecule has 0 atom stereocenters. The summed E-state index contributed by atoms with van der Waals surface area (Å²) in [7, 11) is 0. The number of hydrogen-bond donors (Lipinski definition) is 2. The van der Waals surface area contributed by atoms with Gasteiger partial charge < -0.3 is 19.9 Å². The molecule has 1 aromatic heterocycles. The minimum absolute atomic E-state index is 0. The fourth-order valence-electron chi connectivity index (χ4n) is 2.72. The minimum atomic E-state index is 0. The molecule has 0 aliphatic heterocycles. The topological polar surface area (TPSA) is 71.7 Å². The number of aliphatic imine (C=N–C) groups is 1. The predicted molar refractivity (Wildman–Crippen MR) is 116 cm³/mol. The first-order valence-electron chi connectivity index (χ1n) is 9.82. The summed E-state index contributed by atoms with van der Waals surface area (Å²) in [5.74, 6) is 2.93. The Morgan fingerprint density at radius 1 is 1.31 bits per heavy atom. The van der Waals surface area contributed by atoms with Crippen molar-refractivity contribution in [3.63, 3.8) is 0 Å². The van der Waals surface area contributed by atoms with Gasteiger partial charge in [-0.3, -0.25) is 0 Å². The number of aromatic nitrogens is 1. The molecule has 6 nitrogen and oxygen atoms in total. The molecule has 0 spiro atoms. The third-order valence-electron chi connectivity index (χ3n) is 4.53. The van der Waals surface area contributed by atoms with Crippen molar-refractivity contribution in [2.24, 2.45) is 10.9 Å². The van der Waals surface area contributed by atoms with Gasteiger partial charge in [0.05, 0.1) is 5.69 Å². The maximum atomic E-state index is 5.65. The Morgan fingerprint density at radius 2 is 2.08 bits per heavy atom. The van der Waals surface area contributed by atoms with Gasteiger partial charge in [-0.2, -0.15) is 0 Å². The molecule has 0 amide bonds. The number of nitrogens with zero attached hydrogens (tertiary/aromatic N) is 2. The first kappa shape index (κ1) is 23.2. The molecule has 1 saturated carbocycles. The highest BCUT2D eigenvalue weighted by Gasteiger charge is 2.20. The van der Waals surface area contributed by atoms with E-state index in [9.17, 15) is 0 Å². The number of rotatable bonds is 12. The van der Waals surface area contributed by atoms with Crippen LogP contribution in [0.5, 0.6) is 0 Å². The van der Waals surface area contributed by atoms with E-state index in [1.165, 1.54) is 12.8 Å². The van der Waals surface area contributed by atoms with Crippen LogP contribution in [0, 0.1) is 5.92 Å². The first-order chi connectivity index (χ1) is 12.3. The quantitative estimate of drug-likeness (QED) is 0.205. The van der Waals surface area contributed by atoms with Crippen molar-refractivity contribution < 1.29 is 9.26 Å². The Labute approximate surface area is 174 Å². The smallest absolute Gasteiger partial charge is 0.191 e. The fraction of sp³-hybridized carbons (Fsp3) is 0.789. The second-order valence-electron chi connectivity index (χ2n) is 6.73. The van der Waals surface area contributed by atoms with Gasteiger partial charge in [-0.1, -0.05) is 19.0 Å². The van der Waals surface area contributed by atoms with Gasteiger partial charge in [0.15, 0.2) is 11.7 Å². The number of ether oxygens (including phenoxy) is 1. The second-order valence-corrected chi connectivity index (χ2v) is 6.73. The van der Waals surface area contributed by atoms with Crippen LogP contribution in [0.3, 0.4) is 0 Å². The van der Waals surface area contributed by atoms with E-state index < -0.39 is 0 Å². The molecular formula is C19H35IN4O2. The molecule has 1 aliphatic rings. The highest BCUT2D eigenvalue weighted by atomic mass is 127. The molecule has 1 aliphatic carbocycles. The van der Waals surface area contributed by atoms with Gasteiger partial charge in [0.2, 0.25) is 0 Å². The second kappa shape index (κ2) is 13.4. The summed E-state index contributed by atoms with van der Waals surface area (Å²) in [6, 6.07) is 2.04. The molecule has 7 heteroatoms. The average Bonchev–Trinajstić information content (AvgIpc) is 3.33. The molecule has 0 saturated heterocycles. The van der Waals surface area contributed by atoms with Crippen LogP contribution in [0.2, 0.25) is 0 Å². The normalized spacial score (nSPS) is 14.4. The third kappa shape index (κ3) is 8.70. The van der Waals surface area contributed by atoms with Crippen molar-refractivity contribution in [1.82, 2.24) is 15.8 Å². The minimum Gasteiger partial charge on any atom is -0.381 e. The summed E-state index contributed by atoms with van der Waals surface area (Å²) < 4.78 is 11.1. The number of guanidine groups is 1. The van der Waals surface area contributed by atoms with Gasteiger partial charge in [0.1, 0.15) is 6.54 Å². The molecule has 2 N–H and O–H groups in total. The Hall–Kier alpha value is -0.830.